The van der Waals surface area contributed by atoms with E-state index >= 15 is 0 Å². The molecule has 6 heteroatoms. The van der Waals surface area contributed by atoms with Crippen LogP contribution >= 0.6 is 0 Å². The Bertz CT molecular complexity index is 1160. The summed E-state index contributed by atoms with van der Waals surface area (Å²) in [6.45, 7) is 2.02. The zero-order valence-electron chi connectivity index (χ0n) is 14.5. The first-order valence-corrected chi connectivity index (χ1v) is 8.35. The minimum Gasteiger partial charge on any atom is -0.436 e. The molecule has 0 aliphatic carbocycles. The van der Waals surface area contributed by atoms with Gasteiger partial charge in [0, 0.05) is 23.9 Å². The number of nitro benzene ring substituents is 1. The Balaban J connectivity index is 1.61. The van der Waals surface area contributed by atoms with Crippen molar-refractivity contribution < 1.29 is 9.34 Å². The van der Waals surface area contributed by atoms with Crippen LogP contribution in [0.15, 0.2) is 76.1 Å². The van der Waals surface area contributed by atoms with Crippen LogP contribution in [0.3, 0.4) is 0 Å². The molecule has 0 N–H and O–H groups in total. The average molecular weight is 357 g/mol. The van der Waals surface area contributed by atoms with E-state index < -0.39 is 4.92 Å². The smallest absolute Gasteiger partial charge is 0.269 e. The zero-order valence-corrected chi connectivity index (χ0v) is 14.5. The van der Waals surface area contributed by atoms with E-state index in [9.17, 15) is 10.1 Å². The zero-order chi connectivity index (χ0) is 18.8. The van der Waals surface area contributed by atoms with Crippen LogP contribution in [-0.2, 0) is 0 Å². The summed E-state index contributed by atoms with van der Waals surface area (Å²) in [6.07, 6.45) is 1.66. The molecule has 0 saturated carbocycles. The molecule has 0 atom stereocenters. The number of non-ortho nitro benzene ring substituents is 1. The van der Waals surface area contributed by atoms with E-state index in [2.05, 4.69) is 9.98 Å². The lowest BCUT2D eigenvalue weighted by molar-refractivity contribution is -0.384. The first-order valence-electron chi connectivity index (χ1n) is 8.35. The van der Waals surface area contributed by atoms with Crippen LogP contribution in [0.5, 0.6) is 0 Å². The summed E-state index contributed by atoms with van der Waals surface area (Å²) in [5, 5.41) is 10.7. The lowest BCUT2D eigenvalue weighted by Gasteiger charge is -1.98. The standard InChI is InChI=1S/C21H15N3O3/c1-14-4-2-3-5-18(14)21-23-19-12-16(8-11-20(19)27-21)22-13-15-6-9-17(10-7-15)24(25)26/h2-13H,1H3. The second-order valence-electron chi connectivity index (χ2n) is 6.09. The van der Waals surface area contributed by atoms with E-state index in [0.717, 1.165) is 27.9 Å². The molecule has 0 unspecified atom stereocenters. The summed E-state index contributed by atoms with van der Waals surface area (Å²) < 4.78 is 5.86. The van der Waals surface area contributed by atoms with Gasteiger partial charge in [0.1, 0.15) is 5.52 Å². The fraction of sp³-hybridized carbons (Fsp3) is 0.0476. The van der Waals surface area contributed by atoms with Crippen molar-refractivity contribution in [1.29, 1.82) is 0 Å². The maximum atomic E-state index is 10.7. The molecule has 6 nitrogen and oxygen atoms in total. The van der Waals surface area contributed by atoms with E-state index in [0.29, 0.717) is 11.5 Å². The average Bonchev–Trinajstić information content (AvgIpc) is 3.10. The number of aliphatic imine (C=N–C) groups is 1. The predicted octanol–water partition coefficient (Wildman–Crippen LogP) is 5.46. The van der Waals surface area contributed by atoms with Gasteiger partial charge in [-0.3, -0.25) is 15.1 Å². The van der Waals surface area contributed by atoms with Gasteiger partial charge < -0.3 is 4.42 Å². The number of aryl methyl sites for hydroxylation is 1. The minimum atomic E-state index is -0.425. The van der Waals surface area contributed by atoms with Crippen molar-refractivity contribution in [3.05, 3.63) is 88.0 Å². The predicted molar refractivity (Wildman–Crippen MR) is 105 cm³/mol. The van der Waals surface area contributed by atoms with E-state index in [1.54, 1.807) is 18.3 Å². The van der Waals surface area contributed by atoms with Crippen LogP contribution in [-0.4, -0.2) is 16.1 Å². The third kappa shape index (κ3) is 3.46. The molecular formula is C21H15N3O3. The van der Waals surface area contributed by atoms with Crippen molar-refractivity contribution in [2.75, 3.05) is 0 Å². The van der Waals surface area contributed by atoms with Gasteiger partial charge in [-0.2, -0.15) is 0 Å². The number of nitro groups is 1. The summed E-state index contributed by atoms with van der Waals surface area (Å²) in [4.78, 5) is 19.3. The van der Waals surface area contributed by atoms with E-state index in [1.165, 1.54) is 12.1 Å². The number of aromatic nitrogens is 1. The summed E-state index contributed by atoms with van der Waals surface area (Å²) >= 11 is 0. The molecule has 0 saturated heterocycles. The summed E-state index contributed by atoms with van der Waals surface area (Å²) in [5.74, 6) is 0.583. The molecule has 0 bridgehead atoms. The number of benzene rings is 3. The SMILES string of the molecule is Cc1ccccc1-c1nc2cc(N=Cc3ccc([N+](=O)[O-])cc3)ccc2o1. The molecule has 1 aromatic heterocycles. The number of oxazole rings is 1. The monoisotopic (exact) mass is 357 g/mol. The Morgan fingerprint density at radius 3 is 2.59 bits per heavy atom. The molecule has 0 fully saturated rings. The largest absolute Gasteiger partial charge is 0.436 e. The van der Waals surface area contributed by atoms with Gasteiger partial charge >= 0.3 is 0 Å². The molecule has 132 valence electrons. The highest BCUT2D eigenvalue weighted by molar-refractivity contribution is 5.85. The van der Waals surface area contributed by atoms with Crippen molar-refractivity contribution in [2.45, 2.75) is 6.92 Å². The lowest BCUT2D eigenvalue weighted by Crippen LogP contribution is -1.88. The summed E-state index contributed by atoms with van der Waals surface area (Å²) in [5.41, 5.74) is 5.05. The highest BCUT2D eigenvalue weighted by atomic mass is 16.6. The van der Waals surface area contributed by atoms with Gasteiger partial charge in [-0.15, -0.1) is 0 Å². The van der Waals surface area contributed by atoms with Gasteiger partial charge in [0.2, 0.25) is 5.89 Å². The molecule has 0 spiro atoms. The van der Waals surface area contributed by atoms with Crippen LogP contribution < -0.4 is 0 Å². The first-order chi connectivity index (χ1) is 13.1. The normalized spacial score (nSPS) is 11.3. The van der Waals surface area contributed by atoms with Gasteiger partial charge in [0.05, 0.1) is 10.6 Å². The maximum absolute atomic E-state index is 10.7. The minimum absolute atomic E-state index is 0.0555. The van der Waals surface area contributed by atoms with Crippen molar-refractivity contribution in [3.63, 3.8) is 0 Å². The topological polar surface area (TPSA) is 81.5 Å². The first kappa shape index (κ1) is 16.7. The van der Waals surface area contributed by atoms with E-state index in [1.807, 2.05) is 49.4 Å². The highest BCUT2D eigenvalue weighted by Crippen LogP contribution is 2.28. The van der Waals surface area contributed by atoms with Crippen LogP contribution in [0.1, 0.15) is 11.1 Å². The molecule has 1 heterocycles. The second-order valence-corrected chi connectivity index (χ2v) is 6.09. The molecule has 0 radical (unpaired) electrons. The highest BCUT2D eigenvalue weighted by Gasteiger charge is 2.10. The van der Waals surface area contributed by atoms with Gasteiger partial charge in [-0.25, -0.2) is 4.98 Å². The number of nitrogens with zero attached hydrogens (tertiary/aromatic N) is 3. The molecule has 27 heavy (non-hydrogen) atoms. The van der Waals surface area contributed by atoms with Crippen molar-refractivity contribution in [2.24, 2.45) is 4.99 Å². The molecule has 3 aromatic carbocycles. The maximum Gasteiger partial charge on any atom is 0.269 e. The van der Waals surface area contributed by atoms with Crippen LogP contribution in [0.25, 0.3) is 22.6 Å². The van der Waals surface area contributed by atoms with Crippen molar-refractivity contribution in [3.8, 4) is 11.5 Å². The van der Waals surface area contributed by atoms with Gasteiger partial charge in [0.15, 0.2) is 5.58 Å². The van der Waals surface area contributed by atoms with Crippen LogP contribution in [0.2, 0.25) is 0 Å². The second kappa shape index (κ2) is 6.84. The Hall–Kier alpha value is -3.80. The Kier molecular flexibility index (Phi) is 4.22. The van der Waals surface area contributed by atoms with Crippen LogP contribution in [0.4, 0.5) is 11.4 Å². The number of rotatable bonds is 4. The van der Waals surface area contributed by atoms with Crippen molar-refractivity contribution >= 4 is 28.7 Å². The van der Waals surface area contributed by atoms with Crippen molar-refractivity contribution in [1.82, 2.24) is 4.98 Å². The third-order valence-electron chi connectivity index (χ3n) is 4.21. The van der Waals surface area contributed by atoms with Gasteiger partial charge in [0.25, 0.3) is 5.69 Å². The van der Waals surface area contributed by atoms with Gasteiger partial charge in [-0.1, -0.05) is 18.2 Å². The summed E-state index contributed by atoms with van der Waals surface area (Å²) in [7, 11) is 0. The van der Waals surface area contributed by atoms with E-state index in [4.69, 9.17) is 4.42 Å². The molecule has 0 amide bonds. The fourth-order valence-electron chi connectivity index (χ4n) is 2.76. The number of fused-ring (bicyclic) bond motifs is 1. The Labute approximate surface area is 155 Å². The quantitative estimate of drug-likeness (QED) is 0.276. The molecular weight excluding hydrogens is 342 g/mol. The fourth-order valence-corrected chi connectivity index (χ4v) is 2.76. The van der Waals surface area contributed by atoms with Gasteiger partial charge in [-0.05, 0) is 54.4 Å². The van der Waals surface area contributed by atoms with E-state index in [-0.39, 0.29) is 5.69 Å². The molecule has 0 aliphatic heterocycles. The van der Waals surface area contributed by atoms with Crippen LogP contribution in [0, 0.1) is 17.0 Å². The lowest BCUT2D eigenvalue weighted by atomic mass is 10.1. The molecule has 4 rings (SSSR count). The Morgan fingerprint density at radius 2 is 1.85 bits per heavy atom. The Morgan fingerprint density at radius 1 is 1.07 bits per heavy atom. The molecule has 0 aliphatic rings. The molecule has 4 aromatic rings. The summed E-state index contributed by atoms with van der Waals surface area (Å²) in [6, 6.07) is 19.7. The number of hydrogen-bond donors (Lipinski definition) is 0. The third-order valence-corrected chi connectivity index (χ3v) is 4.21. The number of hydrogen-bond acceptors (Lipinski definition) is 5.